The molecule has 2 unspecified atom stereocenters. The van der Waals surface area contributed by atoms with Crippen molar-refractivity contribution in [3.63, 3.8) is 0 Å². The first-order valence-electron chi connectivity index (χ1n) is 5.65. The first-order chi connectivity index (χ1) is 8.62. The summed E-state index contributed by atoms with van der Waals surface area (Å²) in [6, 6.07) is 8.95. The van der Waals surface area contributed by atoms with Gasteiger partial charge in [-0.15, -0.1) is 0 Å². The maximum absolute atomic E-state index is 11.7. The van der Waals surface area contributed by atoms with Gasteiger partial charge in [-0.05, 0) is 24.6 Å². The molecule has 0 heterocycles. The second kappa shape index (κ2) is 6.74. The molecule has 0 aliphatic rings. The number of amides is 1. The molecule has 0 aromatic heterocycles. The third-order valence-corrected chi connectivity index (χ3v) is 2.69. The lowest BCUT2D eigenvalue weighted by Gasteiger charge is -2.18. The highest BCUT2D eigenvalue weighted by atomic mass is 16.5. The Morgan fingerprint density at radius 2 is 2.11 bits per heavy atom. The predicted molar refractivity (Wildman–Crippen MR) is 67.6 cm³/mol. The highest BCUT2D eigenvalue weighted by Gasteiger charge is 2.18. The first-order valence-corrected chi connectivity index (χ1v) is 5.65. The van der Waals surface area contributed by atoms with E-state index in [0.717, 1.165) is 5.56 Å². The normalized spacial score (nSPS) is 13.4. The molecule has 0 bridgehead atoms. The summed E-state index contributed by atoms with van der Waals surface area (Å²) in [5.74, 6) is -0.239. The van der Waals surface area contributed by atoms with Crippen molar-refractivity contribution in [2.45, 2.75) is 19.1 Å². The minimum absolute atomic E-state index is 0.141. The van der Waals surface area contributed by atoms with Gasteiger partial charge in [-0.3, -0.25) is 4.79 Å². The Labute approximate surface area is 107 Å². The number of hydrogen-bond donors (Lipinski definition) is 2. The maximum atomic E-state index is 11.7. The molecule has 5 heteroatoms. The lowest BCUT2D eigenvalue weighted by atomic mass is 10.1. The van der Waals surface area contributed by atoms with E-state index in [1.54, 1.807) is 12.1 Å². The molecule has 0 saturated heterocycles. The van der Waals surface area contributed by atoms with Gasteiger partial charge in [-0.25, -0.2) is 0 Å². The topological polar surface area (TPSA) is 88.1 Å². The average Bonchev–Trinajstić information content (AvgIpc) is 2.40. The third-order valence-electron chi connectivity index (χ3n) is 2.69. The van der Waals surface area contributed by atoms with Crippen LogP contribution < -0.4 is 11.1 Å². The van der Waals surface area contributed by atoms with Crippen LogP contribution in [0, 0.1) is 11.3 Å². The van der Waals surface area contributed by atoms with Crippen molar-refractivity contribution in [3.05, 3.63) is 35.4 Å². The van der Waals surface area contributed by atoms with Gasteiger partial charge in [-0.1, -0.05) is 12.1 Å². The molecule has 0 aliphatic carbocycles. The molecule has 18 heavy (non-hydrogen) atoms. The van der Waals surface area contributed by atoms with Gasteiger partial charge in [0.25, 0.3) is 5.91 Å². The van der Waals surface area contributed by atoms with Gasteiger partial charge in [0, 0.05) is 13.7 Å². The summed E-state index contributed by atoms with van der Waals surface area (Å²) < 4.78 is 4.95. The standard InChI is InChI=1S/C13H17N3O2/c1-9(16-13(17)12(8-15)18-2)11-5-3-10(7-14)4-6-11/h3-6,9,12H,8,15H2,1-2H3,(H,16,17). The fraction of sp³-hybridized carbons (Fsp3) is 0.385. The summed E-state index contributed by atoms with van der Waals surface area (Å²) in [4.78, 5) is 11.7. The number of carbonyl (C=O) groups excluding carboxylic acids is 1. The van der Waals surface area contributed by atoms with Crippen LogP contribution in [-0.2, 0) is 9.53 Å². The van der Waals surface area contributed by atoms with Crippen molar-refractivity contribution in [1.82, 2.24) is 5.32 Å². The molecule has 1 amide bonds. The van der Waals surface area contributed by atoms with Gasteiger partial charge >= 0.3 is 0 Å². The number of nitrogens with two attached hydrogens (primary N) is 1. The highest BCUT2D eigenvalue weighted by Crippen LogP contribution is 2.13. The van der Waals surface area contributed by atoms with Gasteiger partial charge in [0.1, 0.15) is 6.10 Å². The molecule has 3 N–H and O–H groups in total. The molecule has 96 valence electrons. The van der Waals surface area contributed by atoms with Crippen LogP contribution in [0.15, 0.2) is 24.3 Å². The van der Waals surface area contributed by atoms with Crippen LogP contribution in [0.4, 0.5) is 0 Å². The van der Waals surface area contributed by atoms with Gasteiger partial charge in [0.15, 0.2) is 0 Å². The number of methoxy groups -OCH3 is 1. The van der Waals surface area contributed by atoms with E-state index in [1.165, 1.54) is 7.11 Å². The Bertz CT molecular complexity index is 433. The van der Waals surface area contributed by atoms with E-state index in [9.17, 15) is 4.79 Å². The predicted octanol–water partition coefficient (Wildman–Crippen LogP) is 0.709. The second-order valence-electron chi connectivity index (χ2n) is 3.92. The van der Waals surface area contributed by atoms with Crippen molar-refractivity contribution in [3.8, 4) is 6.07 Å². The van der Waals surface area contributed by atoms with E-state index in [4.69, 9.17) is 15.7 Å². The average molecular weight is 247 g/mol. The number of ether oxygens (including phenoxy) is 1. The van der Waals surface area contributed by atoms with Crippen LogP contribution in [0.1, 0.15) is 24.1 Å². The molecule has 0 fully saturated rings. The zero-order chi connectivity index (χ0) is 13.5. The Hall–Kier alpha value is -1.90. The summed E-state index contributed by atoms with van der Waals surface area (Å²) in [7, 11) is 1.45. The maximum Gasteiger partial charge on any atom is 0.250 e. The van der Waals surface area contributed by atoms with Crippen LogP contribution in [-0.4, -0.2) is 25.7 Å². The van der Waals surface area contributed by atoms with E-state index in [-0.39, 0.29) is 18.5 Å². The molecule has 0 spiro atoms. The molecule has 0 saturated carbocycles. The van der Waals surface area contributed by atoms with Gasteiger partial charge in [0.05, 0.1) is 17.7 Å². The number of nitrogens with one attached hydrogen (secondary N) is 1. The minimum atomic E-state index is -0.633. The molecule has 1 rings (SSSR count). The number of nitrogens with zero attached hydrogens (tertiary/aromatic N) is 1. The molecule has 1 aromatic carbocycles. The Kier molecular flexibility index (Phi) is 5.31. The molecule has 2 atom stereocenters. The van der Waals surface area contributed by atoms with Gasteiger partial charge in [0.2, 0.25) is 0 Å². The van der Waals surface area contributed by atoms with E-state index >= 15 is 0 Å². The van der Waals surface area contributed by atoms with E-state index < -0.39 is 6.10 Å². The molecular weight excluding hydrogens is 230 g/mol. The summed E-state index contributed by atoms with van der Waals surface area (Å²) in [6.45, 7) is 2.00. The summed E-state index contributed by atoms with van der Waals surface area (Å²) in [6.07, 6.45) is -0.633. The lowest BCUT2D eigenvalue weighted by Crippen LogP contribution is -2.41. The van der Waals surface area contributed by atoms with Crippen LogP contribution in [0.25, 0.3) is 0 Å². The Balaban J connectivity index is 2.67. The van der Waals surface area contributed by atoms with Crippen molar-refractivity contribution in [1.29, 1.82) is 5.26 Å². The Morgan fingerprint density at radius 3 is 2.56 bits per heavy atom. The van der Waals surface area contributed by atoms with Gasteiger partial charge < -0.3 is 15.8 Å². The summed E-state index contributed by atoms with van der Waals surface area (Å²) >= 11 is 0. The monoisotopic (exact) mass is 247 g/mol. The van der Waals surface area contributed by atoms with Crippen molar-refractivity contribution >= 4 is 5.91 Å². The molecule has 0 aliphatic heterocycles. The Morgan fingerprint density at radius 1 is 1.50 bits per heavy atom. The molecule has 0 radical (unpaired) electrons. The number of benzene rings is 1. The summed E-state index contributed by atoms with van der Waals surface area (Å²) in [5.41, 5.74) is 6.93. The van der Waals surface area contributed by atoms with Crippen LogP contribution in [0.5, 0.6) is 0 Å². The number of carbonyl (C=O) groups is 1. The third kappa shape index (κ3) is 3.55. The van der Waals surface area contributed by atoms with Gasteiger partial charge in [-0.2, -0.15) is 5.26 Å². The number of hydrogen-bond acceptors (Lipinski definition) is 4. The smallest absolute Gasteiger partial charge is 0.250 e. The first kappa shape index (κ1) is 14.2. The van der Waals surface area contributed by atoms with E-state index in [2.05, 4.69) is 5.32 Å². The van der Waals surface area contributed by atoms with E-state index in [0.29, 0.717) is 5.56 Å². The van der Waals surface area contributed by atoms with Crippen molar-refractivity contribution < 1.29 is 9.53 Å². The second-order valence-corrected chi connectivity index (χ2v) is 3.92. The van der Waals surface area contributed by atoms with Crippen molar-refractivity contribution in [2.75, 3.05) is 13.7 Å². The van der Waals surface area contributed by atoms with E-state index in [1.807, 2.05) is 25.1 Å². The zero-order valence-electron chi connectivity index (χ0n) is 10.5. The highest BCUT2D eigenvalue weighted by molar-refractivity contribution is 5.81. The number of rotatable bonds is 5. The quantitative estimate of drug-likeness (QED) is 0.802. The summed E-state index contributed by atoms with van der Waals surface area (Å²) in [5, 5.41) is 11.5. The van der Waals surface area contributed by atoms with Crippen molar-refractivity contribution in [2.24, 2.45) is 5.73 Å². The molecular formula is C13H17N3O2. The fourth-order valence-electron chi connectivity index (χ4n) is 1.55. The zero-order valence-corrected chi connectivity index (χ0v) is 10.5. The van der Waals surface area contributed by atoms with Crippen LogP contribution >= 0.6 is 0 Å². The fourth-order valence-corrected chi connectivity index (χ4v) is 1.55. The SMILES string of the molecule is COC(CN)C(=O)NC(C)c1ccc(C#N)cc1. The minimum Gasteiger partial charge on any atom is -0.370 e. The van der Waals surface area contributed by atoms with Crippen LogP contribution in [0.2, 0.25) is 0 Å². The largest absolute Gasteiger partial charge is 0.370 e. The lowest BCUT2D eigenvalue weighted by molar-refractivity contribution is -0.131. The molecule has 1 aromatic rings. The number of nitriles is 1. The molecule has 5 nitrogen and oxygen atoms in total. The van der Waals surface area contributed by atoms with Crippen LogP contribution in [0.3, 0.4) is 0 Å².